The number of nitrogens with two attached hydrogens (primary N) is 1. The summed E-state index contributed by atoms with van der Waals surface area (Å²) < 4.78 is 25.9. The van der Waals surface area contributed by atoms with Gasteiger partial charge in [-0.3, -0.25) is 4.79 Å². The van der Waals surface area contributed by atoms with Crippen LogP contribution in [0, 0.1) is 11.7 Å². The van der Waals surface area contributed by atoms with Crippen LogP contribution in [0.3, 0.4) is 0 Å². The van der Waals surface area contributed by atoms with Crippen molar-refractivity contribution < 1.29 is 23.5 Å². The second-order valence-corrected chi connectivity index (χ2v) is 16.5. The summed E-state index contributed by atoms with van der Waals surface area (Å²) >= 11 is 0. The predicted molar refractivity (Wildman–Crippen MR) is 161 cm³/mol. The van der Waals surface area contributed by atoms with Crippen molar-refractivity contribution in [1.29, 1.82) is 0 Å². The van der Waals surface area contributed by atoms with Crippen LogP contribution in [0.15, 0.2) is 72.8 Å². The van der Waals surface area contributed by atoms with Crippen molar-refractivity contribution in [3.63, 3.8) is 0 Å². The van der Waals surface area contributed by atoms with E-state index in [2.05, 4.69) is 39.2 Å². The molecule has 0 aromatic heterocycles. The molecule has 8 heteroatoms. The SMILES string of the molecule is COc1ccc([C@@H](Nc2ccc(CN)cc2)[C@@H](CC[C@H](O[Si](C)(C)C(C)(C)C)c2ccc(F)cc2)C(=O)O)cc1. The zero-order valence-corrected chi connectivity index (χ0v) is 25.4. The fourth-order valence-electron chi connectivity index (χ4n) is 4.41. The minimum Gasteiger partial charge on any atom is -0.497 e. The number of halogens is 1. The molecule has 3 atom stereocenters. The Morgan fingerprint density at radius 2 is 1.52 bits per heavy atom. The Morgan fingerprint density at radius 1 is 0.950 bits per heavy atom. The van der Waals surface area contributed by atoms with Crippen molar-refractivity contribution in [3.05, 3.63) is 95.3 Å². The Balaban J connectivity index is 1.95. The quantitative estimate of drug-likeness (QED) is 0.184. The Kier molecular flexibility index (Phi) is 10.5. The van der Waals surface area contributed by atoms with Crippen LogP contribution in [0.4, 0.5) is 10.1 Å². The van der Waals surface area contributed by atoms with Gasteiger partial charge in [0.15, 0.2) is 8.32 Å². The minimum atomic E-state index is -2.22. The summed E-state index contributed by atoms with van der Waals surface area (Å²) in [4.78, 5) is 12.8. The van der Waals surface area contributed by atoms with Crippen LogP contribution in [0.25, 0.3) is 0 Å². The molecular formula is C32H43FN2O4Si. The summed E-state index contributed by atoms with van der Waals surface area (Å²) in [6, 6.07) is 21.0. The number of rotatable bonds is 13. The van der Waals surface area contributed by atoms with E-state index in [1.165, 1.54) is 12.1 Å². The molecule has 0 unspecified atom stereocenters. The Hall–Kier alpha value is -3.20. The summed E-state index contributed by atoms with van der Waals surface area (Å²) in [5.41, 5.74) is 9.24. The molecule has 40 heavy (non-hydrogen) atoms. The van der Waals surface area contributed by atoms with E-state index < -0.39 is 26.2 Å². The molecule has 3 rings (SSSR count). The van der Waals surface area contributed by atoms with E-state index in [4.69, 9.17) is 14.9 Å². The molecule has 0 fully saturated rings. The molecule has 3 aromatic rings. The van der Waals surface area contributed by atoms with Gasteiger partial charge in [-0.2, -0.15) is 0 Å². The maximum absolute atomic E-state index is 13.8. The molecule has 3 aromatic carbocycles. The number of ether oxygens (including phenoxy) is 1. The standard InChI is InChI=1S/C32H43FN2O4Si/c1-32(2,3)40(5,6)39-29(23-9-13-25(33)14-10-23)20-19-28(31(36)37)30(24-11-17-27(38-4)18-12-24)35-26-15-7-22(21-34)8-16-26/h7-18,28-30,35H,19-21,34H2,1-6H3,(H,36,37)/t28-,29+,30-/m1/s1. The third-order valence-corrected chi connectivity index (χ3v) is 12.4. The van der Waals surface area contributed by atoms with Gasteiger partial charge in [0.2, 0.25) is 0 Å². The van der Waals surface area contributed by atoms with Gasteiger partial charge in [0.05, 0.1) is 25.2 Å². The van der Waals surface area contributed by atoms with Gasteiger partial charge < -0.3 is 25.3 Å². The van der Waals surface area contributed by atoms with Gasteiger partial charge >= 0.3 is 5.97 Å². The van der Waals surface area contributed by atoms with Crippen LogP contribution in [0.1, 0.15) is 62.4 Å². The van der Waals surface area contributed by atoms with Crippen molar-refractivity contribution in [2.75, 3.05) is 12.4 Å². The maximum atomic E-state index is 13.8. The molecule has 0 heterocycles. The summed E-state index contributed by atoms with van der Waals surface area (Å²) in [6.45, 7) is 11.3. The second-order valence-electron chi connectivity index (χ2n) is 11.7. The van der Waals surface area contributed by atoms with Gasteiger partial charge in [0, 0.05) is 12.2 Å². The Bertz CT molecular complexity index is 1230. The van der Waals surface area contributed by atoms with Crippen LogP contribution in [-0.2, 0) is 15.8 Å². The third-order valence-electron chi connectivity index (χ3n) is 7.93. The molecule has 216 valence electrons. The number of methoxy groups -OCH3 is 1. The monoisotopic (exact) mass is 566 g/mol. The fraction of sp³-hybridized carbons (Fsp3) is 0.406. The van der Waals surface area contributed by atoms with Crippen LogP contribution < -0.4 is 15.8 Å². The van der Waals surface area contributed by atoms with Crippen molar-refractivity contribution in [1.82, 2.24) is 0 Å². The second kappa shape index (κ2) is 13.4. The molecule has 4 N–H and O–H groups in total. The molecule has 0 radical (unpaired) electrons. The van der Waals surface area contributed by atoms with E-state index in [1.807, 2.05) is 48.5 Å². The highest BCUT2D eigenvalue weighted by atomic mass is 28.4. The normalized spacial score (nSPS) is 14.3. The number of hydrogen-bond acceptors (Lipinski definition) is 5. The van der Waals surface area contributed by atoms with E-state index in [-0.39, 0.29) is 17.0 Å². The Labute approximate surface area is 238 Å². The van der Waals surface area contributed by atoms with Crippen molar-refractivity contribution in [3.8, 4) is 5.75 Å². The van der Waals surface area contributed by atoms with E-state index >= 15 is 0 Å². The third kappa shape index (κ3) is 8.16. The van der Waals surface area contributed by atoms with Crippen LogP contribution in [-0.4, -0.2) is 26.5 Å². The zero-order valence-electron chi connectivity index (χ0n) is 24.4. The molecule has 0 bridgehead atoms. The van der Waals surface area contributed by atoms with Gasteiger partial charge in [-0.15, -0.1) is 0 Å². The number of carbonyl (C=O) groups is 1. The predicted octanol–water partition coefficient (Wildman–Crippen LogP) is 7.69. The number of nitrogens with one attached hydrogen (secondary N) is 1. The average Bonchev–Trinajstić information content (AvgIpc) is 2.92. The van der Waals surface area contributed by atoms with Crippen molar-refractivity contribution >= 4 is 20.0 Å². The number of hydrogen-bond donors (Lipinski definition) is 3. The highest BCUT2D eigenvalue weighted by Crippen LogP contribution is 2.42. The average molecular weight is 567 g/mol. The van der Waals surface area contributed by atoms with Gasteiger partial charge in [0.1, 0.15) is 11.6 Å². The first-order chi connectivity index (χ1) is 18.8. The summed E-state index contributed by atoms with van der Waals surface area (Å²) in [6.07, 6.45) is 0.454. The first-order valence-electron chi connectivity index (χ1n) is 13.7. The van der Waals surface area contributed by atoms with Gasteiger partial charge in [-0.25, -0.2) is 4.39 Å². The topological polar surface area (TPSA) is 93.8 Å². The van der Waals surface area contributed by atoms with Gasteiger partial charge in [-0.1, -0.05) is 57.2 Å². The minimum absolute atomic E-state index is 0.0413. The number of carboxylic acids is 1. The highest BCUT2D eigenvalue weighted by Gasteiger charge is 2.40. The summed E-state index contributed by atoms with van der Waals surface area (Å²) in [5, 5.41) is 13.9. The number of carboxylic acid groups (broad SMARTS) is 1. The summed E-state index contributed by atoms with van der Waals surface area (Å²) in [5.74, 6) is -1.30. The fourth-order valence-corrected chi connectivity index (χ4v) is 5.73. The van der Waals surface area contributed by atoms with Crippen LogP contribution in [0.2, 0.25) is 18.1 Å². The molecule has 0 aliphatic heterocycles. The molecule has 6 nitrogen and oxygen atoms in total. The van der Waals surface area contributed by atoms with Crippen LogP contribution >= 0.6 is 0 Å². The molecule has 0 amide bonds. The van der Waals surface area contributed by atoms with E-state index in [1.54, 1.807) is 19.2 Å². The van der Waals surface area contributed by atoms with Crippen molar-refractivity contribution in [2.24, 2.45) is 11.7 Å². The van der Waals surface area contributed by atoms with Gasteiger partial charge in [-0.05, 0) is 84.1 Å². The zero-order chi connectivity index (χ0) is 29.5. The molecule has 0 aliphatic carbocycles. The van der Waals surface area contributed by atoms with E-state index in [9.17, 15) is 14.3 Å². The van der Waals surface area contributed by atoms with Gasteiger partial charge in [0.25, 0.3) is 0 Å². The molecule has 0 aliphatic rings. The molecule has 0 saturated carbocycles. The lowest BCUT2D eigenvalue weighted by Gasteiger charge is -2.40. The number of benzene rings is 3. The molecule has 0 spiro atoms. The number of aliphatic carboxylic acids is 1. The summed E-state index contributed by atoms with van der Waals surface area (Å²) in [7, 11) is -0.617. The Morgan fingerprint density at radius 3 is 2.02 bits per heavy atom. The maximum Gasteiger partial charge on any atom is 0.308 e. The first-order valence-corrected chi connectivity index (χ1v) is 16.6. The highest BCUT2D eigenvalue weighted by molar-refractivity contribution is 6.74. The smallest absolute Gasteiger partial charge is 0.308 e. The molecular weight excluding hydrogens is 523 g/mol. The lowest BCUT2D eigenvalue weighted by Crippen LogP contribution is -2.42. The molecule has 0 saturated heterocycles. The van der Waals surface area contributed by atoms with Crippen LogP contribution in [0.5, 0.6) is 5.75 Å². The van der Waals surface area contributed by atoms with Crippen molar-refractivity contribution in [2.45, 2.75) is 70.4 Å². The lowest BCUT2D eigenvalue weighted by molar-refractivity contribution is -0.142. The number of anilines is 1. The first kappa shape index (κ1) is 31.3. The van der Waals surface area contributed by atoms with E-state index in [0.29, 0.717) is 25.1 Å². The lowest BCUT2D eigenvalue weighted by atomic mass is 9.87. The largest absolute Gasteiger partial charge is 0.497 e. The van der Waals surface area contributed by atoms with E-state index in [0.717, 1.165) is 22.4 Å².